The van der Waals surface area contributed by atoms with E-state index in [2.05, 4.69) is 24.3 Å². The second-order valence-corrected chi connectivity index (χ2v) is 3.13. The topological polar surface area (TPSA) is 12.4 Å². The highest BCUT2D eigenvalue weighted by atomic mass is 32.2. The number of allylic oxidation sites excluding steroid dienone is 3. The van der Waals surface area contributed by atoms with Gasteiger partial charge in [-0.3, -0.25) is 0 Å². The van der Waals surface area contributed by atoms with E-state index in [9.17, 15) is 0 Å². The van der Waals surface area contributed by atoms with Gasteiger partial charge in [-0.2, -0.15) is 0 Å². The molecule has 2 heteroatoms. The van der Waals surface area contributed by atoms with Crippen molar-refractivity contribution in [2.45, 2.75) is 13.8 Å². The molecule has 0 unspecified atom stereocenters. The number of nitrogens with zero attached hydrogens (tertiary/aromatic N) is 1. The lowest BCUT2D eigenvalue weighted by Crippen LogP contribution is -2.01. The first-order valence-electron chi connectivity index (χ1n) is 3.37. The molecule has 0 saturated carbocycles. The molecule has 1 heterocycles. The van der Waals surface area contributed by atoms with Crippen LogP contribution in [0.15, 0.2) is 28.0 Å². The smallest absolute Gasteiger partial charge is 0.0516 e. The van der Waals surface area contributed by atoms with Gasteiger partial charge >= 0.3 is 0 Å². The molecule has 0 aromatic carbocycles. The third-order valence-corrected chi connectivity index (χ3v) is 1.86. The first kappa shape index (κ1) is 7.61. The molecule has 0 spiro atoms. The molecule has 0 fully saturated rings. The predicted octanol–water partition coefficient (Wildman–Crippen LogP) is 2.82. The predicted molar refractivity (Wildman–Crippen MR) is 48.1 cm³/mol. The van der Waals surface area contributed by atoms with E-state index in [1.807, 2.05) is 17.6 Å². The average molecular weight is 153 g/mol. The molecule has 10 heavy (non-hydrogen) atoms. The lowest BCUT2D eigenvalue weighted by molar-refractivity contribution is 0.893. The molecule has 1 nitrogen and oxygen atoms in total. The van der Waals surface area contributed by atoms with Crippen molar-refractivity contribution in [3.05, 3.63) is 23.6 Å². The third-order valence-electron chi connectivity index (χ3n) is 1.27. The maximum atomic E-state index is 4.28. The van der Waals surface area contributed by atoms with Crippen LogP contribution in [0.5, 0.6) is 0 Å². The second-order valence-electron chi connectivity index (χ2n) is 2.46. The van der Waals surface area contributed by atoms with Gasteiger partial charge in [-0.05, 0) is 17.4 Å². The fourth-order valence-corrected chi connectivity index (χ4v) is 1.27. The van der Waals surface area contributed by atoms with E-state index < -0.39 is 0 Å². The summed E-state index contributed by atoms with van der Waals surface area (Å²) in [5, 5.41) is 1.98. The van der Waals surface area contributed by atoms with E-state index in [0.717, 1.165) is 5.71 Å². The molecule has 0 aliphatic carbocycles. The fourth-order valence-electron chi connectivity index (χ4n) is 0.654. The van der Waals surface area contributed by atoms with Crippen molar-refractivity contribution in [1.82, 2.24) is 0 Å². The van der Waals surface area contributed by atoms with E-state index >= 15 is 0 Å². The van der Waals surface area contributed by atoms with Crippen molar-refractivity contribution < 1.29 is 0 Å². The van der Waals surface area contributed by atoms with Crippen LogP contribution >= 0.6 is 11.9 Å². The van der Waals surface area contributed by atoms with Crippen LogP contribution in [0.4, 0.5) is 0 Å². The number of hydrogen-bond acceptors (Lipinski definition) is 2. The molecule has 0 atom stereocenters. The molecule has 1 aliphatic rings. The number of rotatable bonds is 1. The summed E-state index contributed by atoms with van der Waals surface area (Å²) < 4.78 is 4.28. The Balaban J connectivity index is 2.69. The maximum absolute atomic E-state index is 4.28. The van der Waals surface area contributed by atoms with E-state index in [4.69, 9.17) is 0 Å². The van der Waals surface area contributed by atoms with Crippen molar-refractivity contribution in [3.63, 3.8) is 0 Å². The molecule has 0 aromatic rings. The summed E-state index contributed by atoms with van der Waals surface area (Å²) in [6.07, 6.45) is 6.09. The van der Waals surface area contributed by atoms with Gasteiger partial charge in [0.1, 0.15) is 0 Å². The minimum absolute atomic E-state index is 0.531. The Morgan fingerprint density at radius 3 is 2.90 bits per heavy atom. The molecular formula is C8H11NS. The van der Waals surface area contributed by atoms with Gasteiger partial charge in [-0.25, -0.2) is 4.40 Å². The molecule has 0 radical (unpaired) electrons. The molecule has 1 aliphatic heterocycles. The molecule has 1 rings (SSSR count). The molecule has 0 N–H and O–H groups in total. The zero-order valence-electron chi connectivity index (χ0n) is 6.24. The van der Waals surface area contributed by atoms with E-state index in [1.54, 1.807) is 0 Å². The minimum atomic E-state index is 0.531. The van der Waals surface area contributed by atoms with Gasteiger partial charge in [0.2, 0.25) is 0 Å². The van der Waals surface area contributed by atoms with Crippen LogP contribution in [0.2, 0.25) is 0 Å². The molecule has 54 valence electrons. The number of hydrogen-bond donors (Lipinski definition) is 0. The zero-order chi connectivity index (χ0) is 7.40. The highest BCUT2D eigenvalue weighted by Gasteiger charge is 2.00. The normalized spacial score (nSPS) is 17.3. The zero-order valence-corrected chi connectivity index (χ0v) is 7.06. The van der Waals surface area contributed by atoms with Gasteiger partial charge in [0.15, 0.2) is 0 Å². The Labute approximate surface area is 66.1 Å². The van der Waals surface area contributed by atoms with E-state index in [1.165, 1.54) is 11.9 Å². The summed E-state index contributed by atoms with van der Waals surface area (Å²) in [6.45, 7) is 4.30. The highest BCUT2D eigenvalue weighted by Crippen LogP contribution is 2.12. The van der Waals surface area contributed by atoms with Crippen molar-refractivity contribution in [2.75, 3.05) is 0 Å². The van der Waals surface area contributed by atoms with Crippen LogP contribution in [0.25, 0.3) is 0 Å². The van der Waals surface area contributed by atoms with Gasteiger partial charge in [-0.15, -0.1) is 0 Å². The molecule has 0 aromatic heterocycles. The fraction of sp³-hybridized carbons (Fsp3) is 0.375. The Morgan fingerprint density at radius 2 is 2.20 bits per heavy atom. The standard InChI is InChI=1S/C8H11NS/c1-7(2)8-5-3-4-6-10-9-8/h3-7H,1-2H3. The summed E-state index contributed by atoms with van der Waals surface area (Å²) in [7, 11) is 0. The Bertz CT molecular complexity index is 189. The SMILES string of the molecule is CC(C)C1=NSC=CC=C1. The van der Waals surface area contributed by atoms with Crippen molar-refractivity contribution in [1.29, 1.82) is 0 Å². The summed E-state index contributed by atoms with van der Waals surface area (Å²) >= 11 is 1.50. The lowest BCUT2D eigenvalue weighted by atomic mass is 10.1. The summed E-state index contributed by atoms with van der Waals surface area (Å²) in [5.41, 5.74) is 1.16. The van der Waals surface area contributed by atoms with Crippen LogP contribution in [0.3, 0.4) is 0 Å². The average Bonchev–Trinajstić information content (AvgIpc) is 2.12. The van der Waals surface area contributed by atoms with Crippen LogP contribution in [0, 0.1) is 5.92 Å². The third kappa shape index (κ3) is 2.03. The molecule has 0 saturated heterocycles. The monoisotopic (exact) mass is 153 g/mol. The minimum Gasteiger partial charge on any atom is -0.216 e. The Morgan fingerprint density at radius 1 is 1.40 bits per heavy atom. The van der Waals surface area contributed by atoms with E-state index in [0.29, 0.717) is 5.92 Å². The van der Waals surface area contributed by atoms with Gasteiger partial charge < -0.3 is 0 Å². The van der Waals surface area contributed by atoms with Crippen molar-refractivity contribution >= 4 is 17.7 Å². The van der Waals surface area contributed by atoms with Crippen LogP contribution < -0.4 is 0 Å². The highest BCUT2D eigenvalue weighted by molar-refractivity contribution is 8.01. The summed E-state index contributed by atoms with van der Waals surface area (Å²) in [5.74, 6) is 0.531. The molecular weight excluding hydrogens is 142 g/mol. The van der Waals surface area contributed by atoms with Crippen LogP contribution in [-0.2, 0) is 0 Å². The van der Waals surface area contributed by atoms with Gasteiger partial charge in [0.25, 0.3) is 0 Å². The van der Waals surface area contributed by atoms with Gasteiger partial charge in [0.05, 0.1) is 5.71 Å². The quantitative estimate of drug-likeness (QED) is 0.528. The van der Waals surface area contributed by atoms with Crippen LogP contribution in [-0.4, -0.2) is 5.71 Å². The van der Waals surface area contributed by atoms with E-state index in [-0.39, 0.29) is 0 Å². The molecule has 0 bridgehead atoms. The Kier molecular flexibility index (Phi) is 2.75. The lowest BCUT2D eigenvalue weighted by Gasteiger charge is -2.00. The summed E-state index contributed by atoms with van der Waals surface area (Å²) in [4.78, 5) is 0. The second kappa shape index (κ2) is 3.62. The van der Waals surface area contributed by atoms with Crippen LogP contribution in [0.1, 0.15) is 13.8 Å². The van der Waals surface area contributed by atoms with Gasteiger partial charge in [0, 0.05) is 11.9 Å². The van der Waals surface area contributed by atoms with Crippen molar-refractivity contribution in [3.8, 4) is 0 Å². The Hall–Kier alpha value is -0.500. The largest absolute Gasteiger partial charge is 0.216 e. The summed E-state index contributed by atoms with van der Waals surface area (Å²) in [6, 6.07) is 0. The van der Waals surface area contributed by atoms with Crippen molar-refractivity contribution in [2.24, 2.45) is 10.3 Å². The first-order valence-corrected chi connectivity index (χ1v) is 4.21. The molecule has 0 amide bonds. The first-order chi connectivity index (χ1) is 4.80. The maximum Gasteiger partial charge on any atom is 0.0516 e. The van der Waals surface area contributed by atoms with Gasteiger partial charge in [-0.1, -0.05) is 26.0 Å².